The lowest BCUT2D eigenvalue weighted by Gasteiger charge is -2.05. The lowest BCUT2D eigenvalue weighted by atomic mass is 10.2. The normalized spacial score (nSPS) is 25.8. The summed E-state index contributed by atoms with van der Waals surface area (Å²) in [6, 6.07) is 0.481. The fourth-order valence-corrected chi connectivity index (χ4v) is 1.55. The maximum absolute atomic E-state index is 8.93. The second-order valence-corrected chi connectivity index (χ2v) is 4.02. The topological polar surface area (TPSA) is 50.9 Å². The van der Waals surface area contributed by atoms with Crippen LogP contribution in [-0.2, 0) is 6.61 Å². The monoisotopic (exact) mass is 167 g/mol. The van der Waals surface area contributed by atoms with Gasteiger partial charge in [-0.25, -0.2) is 0 Å². The first-order valence-electron chi connectivity index (χ1n) is 4.14. The summed E-state index contributed by atoms with van der Waals surface area (Å²) < 4.78 is 1.97. The summed E-state index contributed by atoms with van der Waals surface area (Å²) in [6.07, 6.45) is 2.85. The maximum atomic E-state index is 8.93. The van der Waals surface area contributed by atoms with Gasteiger partial charge in [0.15, 0.2) is 5.82 Å². The van der Waals surface area contributed by atoms with Crippen LogP contribution in [0.2, 0.25) is 0 Å². The minimum atomic E-state index is -0.0212. The van der Waals surface area contributed by atoms with Crippen molar-refractivity contribution in [2.24, 2.45) is 5.41 Å². The van der Waals surface area contributed by atoms with E-state index in [4.69, 9.17) is 5.11 Å². The average Bonchev–Trinajstić information content (AvgIpc) is 2.51. The molecule has 1 atom stereocenters. The van der Waals surface area contributed by atoms with Gasteiger partial charge in [-0.05, 0) is 11.8 Å². The van der Waals surface area contributed by atoms with Crippen molar-refractivity contribution in [2.45, 2.75) is 32.9 Å². The predicted molar refractivity (Wildman–Crippen MR) is 43.4 cm³/mol. The van der Waals surface area contributed by atoms with Gasteiger partial charge in [0.2, 0.25) is 0 Å². The molecule has 1 aromatic rings. The zero-order valence-electron chi connectivity index (χ0n) is 7.36. The van der Waals surface area contributed by atoms with Crippen molar-refractivity contribution in [1.82, 2.24) is 14.8 Å². The Balaban J connectivity index is 2.24. The van der Waals surface area contributed by atoms with Gasteiger partial charge in [0.25, 0.3) is 0 Å². The third-order valence-corrected chi connectivity index (χ3v) is 2.59. The highest BCUT2D eigenvalue weighted by Gasteiger charge is 2.47. The van der Waals surface area contributed by atoms with Gasteiger partial charge in [-0.2, -0.15) is 0 Å². The summed E-state index contributed by atoms with van der Waals surface area (Å²) in [7, 11) is 0. The second-order valence-electron chi connectivity index (χ2n) is 4.02. The maximum Gasteiger partial charge on any atom is 0.158 e. The van der Waals surface area contributed by atoms with Crippen molar-refractivity contribution < 1.29 is 5.11 Å². The van der Waals surface area contributed by atoms with Crippen LogP contribution in [0.4, 0.5) is 0 Å². The number of nitrogens with zero attached hydrogens (tertiary/aromatic N) is 3. The third-order valence-electron chi connectivity index (χ3n) is 2.59. The van der Waals surface area contributed by atoms with Gasteiger partial charge in [0.1, 0.15) is 12.9 Å². The molecule has 66 valence electrons. The Labute approximate surface area is 71.2 Å². The Bertz CT molecular complexity index is 292. The zero-order chi connectivity index (χ0) is 8.77. The van der Waals surface area contributed by atoms with Gasteiger partial charge in [-0.1, -0.05) is 13.8 Å². The molecule has 0 bridgehead atoms. The van der Waals surface area contributed by atoms with Crippen LogP contribution in [0.25, 0.3) is 0 Å². The van der Waals surface area contributed by atoms with E-state index in [1.165, 1.54) is 0 Å². The van der Waals surface area contributed by atoms with Crippen molar-refractivity contribution >= 4 is 0 Å². The number of aliphatic hydroxyl groups is 1. The molecule has 0 saturated heterocycles. The Morgan fingerprint density at radius 2 is 2.42 bits per heavy atom. The van der Waals surface area contributed by atoms with Crippen molar-refractivity contribution in [1.29, 1.82) is 0 Å². The fraction of sp³-hybridized carbons (Fsp3) is 0.750. The first-order chi connectivity index (χ1) is 5.65. The van der Waals surface area contributed by atoms with E-state index in [0.29, 0.717) is 17.3 Å². The number of hydrogen-bond donors (Lipinski definition) is 1. The molecule has 1 N–H and O–H groups in total. The molecule has 0 aromatic carbocycles. The van der Waals surface area contributed by atoms with Gasteiger partial charge >= 0.3 is 0 Å². The number of rotatable bonds is 2. The zero-order valence-corrected chi connectivity index (χ0v) is 7.36. The molecule has 1 fully saturated rings. The minimum Gasteiger partial charge on any atom is -0.388 e. The summed E-state index contributed by atoms with van der Waals surface area (Å²) in [5.74, 6) is 0.672. The molecular weight excluding hydrogens is 154 g/mol. The van der Waals surface area contributed by atoms with E-state index in [0.717, 1.165) is 6.42 Å². The van der Waals surface area contributed by atoms with E-state index in [2.05, 4.69) is 24.0 Å². The van der Waals surface area contributed by atoms with E-state index in [9.17, 15) is 0 Å². The van der Waals surface area contributed by atoms with Gasteiger partial charge in [-0.3, -0.25) is 0 Å². The van der Waals surface area contributed by atoms with Crippen molar-refractivity contribution in [2.75, 3.05) is 0 Å². The number of aliphatic hydroxyl groups excluding tert-OH is 1. The van der Waals surface area contributed by atoms with Crippen LogP contribution >= 0.6 is 0 Å². The molecule has 1 aliphatic carbocycles. The Morgan fingerprint density at radius 1 is 1.75 bits per heavy atom. The molecule has 0 spiro atoms. The second kappa shape index (κ2) is 2.29. The van der Waals surface area contributed by atoms with Crippen LogP contribution in [0.3, 0.4) is 0 Å². The highest BCUT2D eigenvalue weighted by atomic mass is 16.3. The summed E-state index contributed by atoms with van der Waals surface area (Å²) in [4.78, 5) is 0. The van der Waals surface area contributed by atoms with Crippen LogP contribution in [0, 0.1) is 5.41 Å². The predicted octanol–water partition coefficient (Wildman–Crippen LogP) is 0.741. The quantitative estimate of drug-likeness (QED) is 0.706. The van der Waals surface area contributed by atoms with Crippen molar-refractivity contribution in [3.63, 3.8) is 0 Å². The molecular formula is C8H13N3O. The van der Waals surface area contributed by atoms with Gasteiger partial charge in [0.05, 0.1) is 0 Å². The molecule has 1 aromatic heterocycles. The first kappa shape index (κ1) is 7.73. The Morgan fingerprint density at radius 3 is 2.92 bits per heavy atom. The highest BCUT2D eigenvalue weighted by molar-refractivity contribution is 5.04. The van der Waals surface area contributed by atoms with E-state index < -0.39 is 0 Å². The summed E-state index contributed by atoms with van der Waals surface area (Å²) in [6.45, 7) is 4.39. The van der Waals surface area contributed by atoms with Crippen molar-refractivity contribution in [3.8, 4) is 0 Å². The minimum absolute atomic E-state index is 0.0212. The SMILES string of the molecule is CC1(C)CC1n1cnnc1CO. The van der Waals surface area contributed by atoms with Crippen LogP contribution in [0.1, 0.15) is 32.1 Å². The molecule has 1 heterocycles. The van der Waals surface area contributed by atoms with Crippen molar-refractivity contribution in [3.05, 3.63) is 12.2 Å². The van der Waals surface area contributed by atoms with Gasteiger partial charge in [0, 0.05) is 6.04 Å². The molecule has 12 heavy (non-hydrogen) atoms. The molecule has 1 aliphatic rings. The largest absolute Gasteiger partial charge is 0.388 e. The van der Waals surface area contributed by atoms with E-state index in [-0.39, 0.29) is 6.61 Å². The summed E-state index contributed by atoms with van der Waals surface area (Å²) in [5.41, 5.74) is 0.353. The summed E-state index contributed by atoms with van der Waals surface area (Å²) in [5, 5.41) is 16.5. The summed E-state index contributed by atoms with van der Waals surface area (Å²) >= 11 is 0. The molecule has 4 heteroatoms. The lowest BCUT2D eigenvalue weighted by Crippen LogP contribution is -2.04. The molecule has 1 unspecified atom stereocenters. The molecule has 0 aliphatic heterocycles. The van der Waals surface area contributed by atoms with Crippen LogP contribution in [0.5, 0.6) is 0 Å². The van der Waals surface area contributed by atoms with Crippen LogP contribution in [-0.4, -0.2) is 19.9 Å². The van der Waals surface area contributed by atoms with Crippen LogP contribution < -0.4 is 0 Å². The molecule has 0 amide bonds. The smallest absolute Gasteiger partial charge is 0.158 e. The Hall–Kier alpha value is -0.900. The average molecular weight is 167 g/mol. The fourth-order valence-electron chi connectivity index (χ4n) is 1.55. The number of hydrogen-bond acceptors (Lipinski definition) is 3. The first-order valence-corrected chi connectivity index (χ1v) is 4.14. The highest BCUT2D eigenvalue weighted by Crippen LogP contribution is 2.55. The number of aromatic nitrogens is 3. The lowest BCUT2D eigenvalue weighted by molar-refractivity contribution is 0.263. The van der Waals surface area contributed by atoms with E-state index >= 15 is 0 Å². The molecule has 0 radical (unpaired) electrons. The van der Waals surface area contributed by atoms with E-state index in [1.807, 2.05) is 4.57 Å². The van der Waals surface area contributed by atoms with Crippen LogP contribution in [0.15, 0.2) is 6.33 Å². The standard InChI is InChI=1S/C8H13N3O/c1-8(2)3-6(8)11-5-9-10-7(11)4-12/h5-6,12H,3-4H2,1-2H3. The molecule has 4 nitrogen and oxygen atoms in total. The molecule has 2 rings (SSSR count). The van der Waals surface area contributed by atoms with Gasteiger partial charge < -0.3 is 9.67 Å². The Kier molecular flexibility index (Phi) is 1.48. The third kappa shape index (κ3) is 1.03. The van der Waals surface area contributed by atoms with E-state index in [1.54, 1.807) is 6.33 Å². The van der Waals surface area contributed by atoms with Gasteiger partial charge in [-0.15, -0.1) is 10.2 Å². The molecule has 1 saturated carbocycles.